The zero-order valence-electron chi connectivity index (χ0n) is 12.6. The summed E-state index contributed by atoms with van der Waals surface area (Å²) in [5.41, 5.74) is 0.772. The molecule has 1 rings (SSSR count). The number of hydrogen-bond donors (Lipinski definition) is 1. The maximum atomic E-state index is 12.1. The molecule has 0 bridgehead atoms. The number of methoxy groups -OCH3 is 2. The molecular formula is C15H21NO5. The van der Waals surface area contributed by atoms with E-state index < -0.39 is 5.97 Å². The normalized spacial score (nSPS) is 10.0. The van der Waals surface area contributed by atoms with E-state index in [1.807, 2.05) is 0 Å². The molecule has 0 aromatic heterocycles. The van der Waals surface area contributed by atoms with Gasteiger partial charge in [0.05, 0.1) is 20.6 Å². The highest BCUT2D eigenvalue weighted by atomic mass is 16.5. The van der Waals surface area contributed by atoms with Crippen LogP contribution in [0.1, 0.15) is 18.4 Å². The molecule has 1 aromatic rings. The zero-order chi connectivity index (χ0) is 15.8. The van der Waals surface area contributed by atoms with Gasteiger partial charge in [-0.3, -0.25) is 9.59 Å². The van der Waals surface area contributed by atoms with Crippen LogP contribution in [0.15, 0.2) is 18.2 Å². The third-order valence-electron chi connectivity index (χ3n) is 3.15. The number of nitrogens with zero attached hydrogens (tertiary/aromatic N) is 1. The number of likely N-dealkylation sites (N-methyl/N-ethyl adjacent to an activating group) is 1. The van der Waals surface area contributed by atoms with Crippen molar-refractivity contribution < 1.29 is 24.2 Å². The SMILES string of the molecule is COc1ccc(CC(=O)N(C)CCCC(=O)O)c(OC)c1. The van der Waals surface area contributed by atoms with E-state index in [1.54, 1.807) is 39.5 Å². The van der Waals surface area contributed by atoms with Crippen LogP contribution in [0.25, 0.3) is 0 Å². The summed E-state index contributed by atoms with van der Waals surface area (Å²) < 4.78 is 10.4. The lowest BCUT2D eigenvalue weighted by Gasteiger charge is -2.17. The highest BCUT2D eigenvalue weighted by Gasteiger charge is 2.14. The first-order valence-corrected chi connectivity index (χ1v) is 6.64. The van der Waals surface area contributed by atoms with E-state index in [0.29, 0.717) is 24.5 Å². The number of carbonyl (C=O) groups is 2. The molecule has 0 heterocycles. The molecule has 1 amide bonds. The number of carboxylic acids is 1. The molecule has 6 heteroatoms. The first kappa shape index (κ1) is 16.8. The van der Waals surface area contributed by atoms with Gasteiger partial charge in [0.25, 0.3) is 0 Å². The predicted octanol–water partition coefficient (Wildman–Crippen LogP) is 1.57. The molecule has 116 valence electrons. The Hall–Kier alpha value is -2.24. The van der Waals surface area contributed by atoms with Crippen molar-refractivity contribution in [1.82, 2.24) is 4.90 Å². The molecule has 0 radical (unpaired) electrons. The van der Waals surface area contributed by atoms with E-state index in [4.69, 9.17) is 14.6 Å². The van der Waals surface area contributed by atoms with Crippen molar-refractivity contribution in [1.29, 1.82) is 0 Å². The minimum atomic E-state index is -0.854. The van der Waals surface area contributed by atoms with Gasteiger partial charge < -0.3 is 19.5 Å². The Morgan fingerprint density at radius 3 is 2.52 bits per heavy atom. The van der Waals surface area contributed by atoms with Crippen molar-refractivity contribution >= 4 is 11.9 Å². The molecule has 6 nitrogen and oxygen atoms in total. The van der Waals surface area contributed by atoms with Gasteiger partial charge in [0, 0.05) is 31.6 Å². The third-order valence-corrected chi connectivity index (χ3v) is 3.15. The van der Waals surface area contributed by atoms with E-state index in [-0.39, 0.29) is 18.7 Å². The smallest absolute Gasteiger partial charge is 0.303 e. The number of carboxylic acid groups (broad SMARTS) is 1. The molecule has 0 aliphatic carbocycles. The van der Waals surface area contributed by atoms with Crippen molar-refractivity contribution in [3.05, 3.63) is 23.8 Å². The Bertz CT molecular complexity index is 501. The zero-order valence-corrected chi connectivity index (χ0v) is 12.6. The van der Waals surface area contributed by atoms with Gasteiger partial charge in [0.1, 0.15) is 11.5 Å². The Morgan fingerprint density at radius 2 is 1.95 bits per heavy atom. The van der Waals surface area contributed by atoms with Gasteiger partial charge in [-0.15, -0.1) is 0 Å². The van der Waals surface area contributed by atoms with E-state index in [0.717, 1.165) is 5.56 Å². The highest BCUT2D eigenvalue weighted by Crippen LogP contribution is 2.25. The second-order valence-electron chi connectivity index (χ2n) is 4.67. The first-order valence-electron chi connectivity index (χ1n) is 6.64. The number of aliphatic carboxylic acids is 1. The summed E-state index contributed by atoms with van der Waals surface area (Å²) in [6, 6.07) is 5.29. The number of hydrogen-bond acceptors (Lipinski definition) is 4. The summed E-state index contributed by atoms with van der Waals surface area (Å²) in [6.45, 7) is 0.420. The fraction of sp³-hybridized carbons (Fsp3) is 0.467. The van der Waals surface area contributed by atoms with E-state index >= 15 is 0 Å². The molecule has 0 unspecified atom stereocenters. The molecular weight excluding hydrogens is 274 g/mol. The molecule has 0 aliphatic heterocycles. The first-order chi connectivity index (χ1) is 9.97. The molecule has 0 spiro atoms. The Kier molecular flexibility index (Phi) is 6.52. The average molecular weight is 295 g/mol. The second kappa shape index (κ2) is 8.14. The van der Waals surface area contributed by atoms with Crippen LogP contribution < -0.4 is 9.47 Å². The molecule has 0 saturated carbocycles. The number of rotatable bonds is 8. The van der Waals surface area contributed by atoms with Gasteiger partial charge in [-0.1, -0.05) is 6.07 Å². The lowest BCUT2D eigenvalue weighted by Crippen LogP contribution is -2.29. The average Bonchev–Trinajstić information content (AvgIpc) is 2.46. The van der Waals surface area contributed by atoms with Crippen LogP contribution in [-0.4, -0.2) is 49.7 Å². The molecule has 21 heavy (non-hydrogen) atoms. The summed E-state index contributed by atoms with van der Waals surface area (Å²) >= 11 is 0. The number of carbonyl (C=O) groups excluding carboxylic acids is 1. The Labute approximate surface area is 124 Å². The van der Waals surface area contributed by atoms with Crippen molar-refractivity contribution in [3.8, 4) is 11.5 Å². The minimum Gasteiger partial charge on any atom is -0.497 e. The summed E-state index contributed by atoms with van der Waals surface area (Å²) in [4.78, 5) is 24.1. The van der Waals surface area contributed by atoms with Gasteiger partial charge in [0.2, 0.25) is 5.91 Å². The monoisotopic (exact) mass is 295 g/mol. The van der Waals surface area contributed by atoms with Crippen LogP contribution in [0.5, 0.6) is 11.5 Å². The molecule has 0 saturated heterocycles. The van der Waals surface area contributed by atoms with Gasteiger partial charge >= 0.3 is 5.97 Å². The quantitative estimate of drug-likeness (QED) is 0.788. The molecule has 0 atom stereocenters. The minimum absolute atomic E-state index is 0.0590. The van der Waals surface area contributed by atoms with E-state index in [9.17, 15) is 9.59 Å². The summed E-state index contributed by atoms with van der Waals surface area (Å²) in [6.07, 6.45) is 0.706. The van der Waals surface area contributed by atoms with Crippen LogP contribution in [0.2, 0.25) is 0 Å². The maximum absolute atomic E-state index is 12.1. The third kappa shape index (κ3) is 5.33. The largest absolute Gasteiger partial charge is 0.497 e. The van der Waals surface area contributed by atoms with Gasteiger partial charge in [-0.05, 0) is 12.5 Å². The number of amides is 1. The van der Waals surface area contributed by atoms with Gasteiger partial charge in [0.15, 0.2) is 0 Å². The lowest BCUT2D eigenvalue weighted by molar-refractivity contribution is -0.138. The summed E-state index contributed by atoms with van der Waals surface area (Å²) in [7, 11) is 4.77. The second-order valence-corrected chi connectivity index (χ2v) is 4.67. The fourth-order valence-corrected chi connectivity index (χ4v) is 1.89. The van der Waals surface area contributed by atoms with Crippen molar-refractivity contribution in [2.45, 2.75) is 19.3 Å². The van der Waals surface area contributed by atoms with Crippen molar-refractivity contribution in [3.63, 3.8) is 0 Å². The van der Waals surface area contributed by atoms with Gasteiger partial charge in [-0.2, -0.15) is 0 Å². The van der Waals surface area contributed by atoms with E-state index in [1.165, 1.54) is 4.90 Å². The molecule has 0 fully saturated rings. The van der Waals surface area contributed by atoms with Gasteiger partial charge in [-0.25, -0.2) is 0 Å². The summed E-state index contributed by atoms with van der Waals surface area (Å²) in [5.74, 6) is 0.330. The Morgan fingerprint density at radius 1 is 1.24 bits per heavy atom. The highest BCUT2D eigenvalue weighted by molar-refractivity contribution is 5.79. The summed E-state index contributed by atoms with van der Waals surface area (Å²) in [5, 5.41) is 8.59. The number of ether oxygens (including phenoxy) is 2. The lowest BCUT2D eigenvalue weighted by atomic mass is 10.1. The van der Waals surface area contributed by atoms with Crippen LogP contribution >= 0.6 is 0 Å². The van der Waals surface area contributed by atoms with Crippen LogP contribution in [0.4, 0.5) is 0 Å². The van der Waals surface area contributed by atoms with E-state index in [2.05, 4.69) is 0 Å². The van der Waals surface area contributed by atoms with Crippen molar-refractivity contribution in [2.75, 3.05) is 27.8 Å². The topological polar surface area (TPSA) is 76.1 Å². The van der Waals surface area contributed by atoms with Crippen LogP contribution in [0.3, 0.4) is 0 Å². The predicted molar refractivity (Wildman–Crippen MR) is 77.8 cm³/mol. The molecule has 0 aliphatic rings. The fourth-order valence-electron chi connectivity index (χ4n) is 1.89. The van der Waals surface area contributed by atoms with Crippen LogP contribution in [-0.2, 0) is 16.0 Å². The van der Waals surface area contributed by atoms with Crippen LogP contribution in [0, 0.1) is 0 Å². The maximum Gasteiger partial charge on any atom is 0.303 e. The number of benzene rings is 1. The molecule has 1 N–H and O–H groups in total. The Balaban J connectivity index is 2.63. The molecule has 1 aromatic carbocycles. The standard InChI is InChI=1S/C15H21NO5/c1-16(8-4-5-15(18)19)14(17)9-11-6-7-12(20-2)10-13(11)21-3/h6-7,10H,4-5,8-9H2,1-3H3,(H,18,19). The van der Waals surface area contributed by atoms with Crippen molar-refractivity contribution in [2.24, 2.45) is 0 Å².